The first kappa shape index (κ1) is 12.9. The average molecular weight is 210 g/mol. The van der Waals surface area contributed by atoms with Gasteiger partial charge in [0.2, 0.25) is 0 Å². The van der Waals surface area contributed by atoms with Crippen molar-refractivity contribution in [1.82, 2.24) is 0 Å². The highest BCUT2D eigenvalue weighted by molar-refractivity contribution is 7.91. The summed E-state index contributed by atoms with van der Waals surface area (Å²) in [4.78, 5) is 0. The van der Waals surface area contributed by atoms with E-state index in [2.05, 4.69) is 0 Å². The van der Waals surface area contributed by atoms with E-state index >= 15 is 0 Å². The Hall–Kier alpha value is -0.130. The molecular formula is C8H18O4S. The number of sulfone groups is 1. The van der Waals surface area contributed by atoms with Gasteiger partial charge in [-0.3, -0.25) is 0 Å². The van der Waals surface area contributed by atoms with Crippen molar-refractivity contribution in [2.45, 2.75) is 31.6 Å². The van der Waals surface area contributed by atoms with Gasteiger partial charge in [-0.15, -0.1) is 0 Å². The summed E-state index contributed by atoms with van der Waals surface area (Å²) in [7, 11) is -3.17. The summed E-state index contributed by atoms with van der Waals surface area (Å²) >= 11 is 0. The molecule has 2 unspecified atom stereocenters. The molecule has 13 heavy (non-hydrogen) atoms. The molecule has 0 aromatic rings. The first-order valence-electron chi connectivity index (χ1n) is 4.34. The quantitative estimate of drug-likeness (QED) is 0.636. The fraction of sp³-hybridized carbons (Fsp3) is 1.00. The van der Waals surface area contributed by atoms with E-state index in [1.165, 1.54) is 6.92 Å². The zero-order valence-corrected chi connectivity index (χ0v) is 9.17. The van der Waals surface area contributed by atoms with Gasteiger partial charge in [-0.25, -0.2) is 8.42 Å². The molecule has 2 atom stereocenters. The van der Waals surface area contributed by atoms with Crippen molar-refractivity contribution in [1.29, 1.82) is 0 Å². The molecule has 0 radical (unpaired) electrons. The topological polar surface area (TPSA) is 63.6 Å². The second-order valence-corrected chi connectivity index (χ2v) is 5.58. The van der Waals surface area contributed by atoms with Crippen molar-refractivity contribution >= 4 is 9.84 Å². The zero-order valence-electron chi connectivity index (χ0n) is 8.36. The highest BCUT2D eigenvalue weighted by Gasteiger charge is 2.23. The maximum Gasteiger partial charge on any atom is 0.152 e. The molecule has 5 heteroatoms. The van der Waals surface area contributed by atoms with E-state index in [0.717, 1.165) is 12.7 Å². The molecule has 0 rings (SSSR count). The van der Waals surface area contributed by atoms with Crippen LogP contribution < -0.4 is 0 Å². The minimum atomic E-state index is -3.17. The zero-order chi connectivity index (χ0) is 10.5. The minimum absolute atomic E-state index is 0.0854. The van der Waals surface area contributed by atoms with Crippen LogP contribution in [-0.2, 0) is 14.6 Å². The Bertz CT molecular complexity index is 222. The fourth-order valence-corrected chi connectivity index (χ4v) is 1.42. The summed E-state index contributed by atoms with van der Waals surface area (Å²) < 4.78 is 27.0. The van der Waals surface area contributed by atoms with E-state index < -0.39 is 21.2 Å². The van der Waals surface area contributed by atoms with Crippen LogP contribution in [0, 0.1) is 0 Å². The van der Waals surface area contributed by atoms with E-state index in [0.29, 0.717) is 6.61 Å². The maximum absolute atomic E-state index is 11.0. The standard InChI is InChI=1S/C8H18O4S/c1-4-5-12-6-8(9)7(2)13(3,10)11/h7-9H,4-6H2,1-3H3. The number of hydrogen-bond acceptors (Lipinski definition) is 4. The Labute approximate surface area is 79.8 Å². The Morgan fingerprint density at radius 2 is 2.00 bits per heavy atom. The molecule has 4 nitrogen and oxygen atoms in total. The summed E-state index contributed by atoms with van der Waals surface area (Å²) in [5, 5.41) is 8.62. The van der Waals surface area contributed by atoms with Crippen LogP contribution in [0.4, 0.5) is 0 Å². The number of aliphatic hydroxyl groups is 1. The largest absolute Gasteiger partial charge is 0.389 e. The fourth-order valence-electron chi connectivity index (χ4n) is 0.769. The van der Waals surface area contributed by atoms with E-state index in [1.807, 2.05) is 6.92 Å². The lowest BCUT2D eigenvalue weighted by Crippen LogP contribution is -2.34. The van der Waals surface area contributed by atoms with Crippen LogP contribution in [0.5, 0.6) is 0 Å². The van der Waals surface area contributed by atoms with Crippen molar-refractivity contribution in [2.24, 2.45) is 0 Å². The molecule has 0 bridgehead atoms. The van der Waals surface area contributed by atoms with E-state index in [-0.39, 0.29) is 6.61 Å². The van der Waals surface area contributed by atoms with Crippen molar-refractivity contribution in [3.05, 3.63) is 0 Å². The molecule has 1 N–H and O–H groups in total. The predicted molar refractivity (Wildman–Crippen MR) is 51.4 cm³/mol. The molecule has 0 aliphatic carbocycles. The minimum Gasteiger partial charge on any atom is -0.389 e. The third-order valence-electron chi connectivity index (χ3n) is 1.85. The summed E-state index contributed by atoms with van der Waals surface area (Å²) in [6, 6.07) is 0. The van der Waals surface area contributed by atoms with Crippen LogP contribution in [-0.4, -0.2) is 44.3 Å². The van der Waals surface area contributed by atoms with Crippen molar-refractivity contribution in [3.8, 4) is 0 Å². The number of aliphatic hydroxyl groups excluding tert-OH is 1. The van der Waals surface area contributed by atoms with Crippen LogP contribution in [0.2, 0.25) is 0 Å². The van der Waals surface area contributed by atoms with E-state index in [9.17, 15) is 13.5 Å². The SMILES string of the molecule is CCCOCC(O)C(C)S(C)(=O)=O. The number of ether oxygens (including phenoxy) is 1. The van der Waals surface area contributed by atoms with Crippen LogP contribution in [0.15, 0.2) is 0 Å². The van der Waals surface area contributed by atoms with Gasteiger partial charge in [-0.05, 0) is 13.3 Å². The third-order valence-corrected chi connectivity index (χ3v) is 3.52. The molecule has 0 amide bonds. The van der Waals surface area contributed by atoms with Gasteiger partial charge >= 0.3 is 0 Å². The summed E-state index contributed by atoms with van der Waals surface area (Å²) in [5.41, 5.74) is 0. The highest BCUT2D eigenvalue weighted by atomic mass is 32.2. The normalized spacial score (nSPS) is 16.9. The number of hydrogen-bond donors (Lipinski definition) is 1. The second-order valence-electron chi connectivity index (χ2n) is 3.18. The molecule has 0 aromatic carbocycles. The van der Waals surface area contributed by atoms with E-state index in [4.69, 9.17) is 4.74 Å². The molecule has 0 aliphatic rings. The highest BCUT2D eigenvalue weighted by Crippen LogP contribution is 2.04. The van der Waals surface area contributed by atoms with Gasteiger partial charge in [0.1, 0.15) is 0 Å². The van der Waals surface area contributed by atoms with Crippen LogP contribution in [0.1, 0.15) is 20.3 Å². The Kier molecular flexibility index (Phi) is 5.51. The summed E-state index contributed by atoms with van der Waals surface area (Å²) in [6.07, 6.45) is 1.04. The maximum atomic E-state index is 11.0. The van der Waals surface area contributed by atoms with Gasteiger partial charge in [0.15, 0.2) is 9.84 Å². The molecule has 80 valence electrons. The summed E-state index contributed by atoms with van der Waals surface area (Å²) in [6.45, 7) is 4.07. The van der Waals surface area contributed by atoms with Gasteiger partial charge < -0.3 is 9.84 Å². The van der Waals surface area contributed by atoms with Gasteiger partial charge in [-0.2, -0.15) is 0 Å². The molecule has 0 saturated carbocycles. The Balaban J connectivity index is 3.90. The number of rotatable bonds is 6. The molecule has 0 spiro atoms. The van der Waals surface area contributed by atoms with Gasteiger partial charge in [-0.1, -0.05) is 6.92 Å². The van der Waals surface area contributed by atoms with Crippen LogP contribution >= 0.6 is 0 Å². The molecular weight excluding hydrogens is 192 g/mol. The first-order valence-corrected chi connectivity index (χ1v) is 6.29. The van der Waals surface area contributed by atoms with Crippen molar-refractivity contribution in [3.63, 3.8) is 0 Å². The van der Waals surface area contributed by atoms with Crippen molar-refractivity contribution in [2.75, 3.05) is 19.5 Å². The Morgan fingerprint density at radius 1 is 1.46 bits per heavy atom. The second kappa shape index (κ2) is 5.57. The monoisotopic (exact) mass is 210 g/mol. The molecule has 0 aliphatic heterocycles. The molecule has 0 aromatic heterocycles. The molecule has 0 heterocycles. The average Bonchev–Trinajstić information content (AvgIpc) is 2.01. The lowest BCUT2D eigenvalue weighted by Gasteiger charge is -2.16. The van der Waals surface area contributed by atoms with Gasteiger partial charge in [0.05, 0.1) is 18.0 Å². The van der Waals surface area contributed by atoms with Crippen LogP contribution in [0.3, 0.4) is 0 Å². The van der Waals surface area contributed by atoms with Crippen LogP contribution in [0.25, 0.3) is 0 Å². The molecule has 0 saturated heterocycles. The lowest BCUT2D eigenvalue weighted by atomic mass is 10.3. The van der Waals surface area contributed by atoms with Gasteiger partial charge in [0, 0.05) is 12.9 Å². The first-order chi connectivity index (χ1) is 5.89. The van der Waals surface area contributed by atoms with Crippen molar-refractivity contribution < 1.29 is 18.3 Å². The van der Waals surface area contributed by atoms with E-state index in [1.54, 1.807) is 0 Å². The third kappa shape index (κ3) is 5.23. The van der Waals surface area contributed by atoms with Gasteiger partial charge in [0.25, 0.3) is 0 Å². The Morgan fingerprint density at radius 3 is 2.38 bits per heavy atom. The smallest absolute Gasteiger partial charge is 0.152 e. The molecule has 0 fully saturated rings. The predicted octanol–water partition coefficient (Wildman–Crippen LogP) is 0.207. The lowest BCUT2D eigenvalue weighted by molar-refractivity contribution is 0.0370. The summed E-state index contributed by atoms with van der Waals surface area (Å²) in [5.74, 6) is 0.